The summed E-state index contributed by atoms with van der Waals surface area (Å²) in [5.41, 5.74) is 12.9. The number of benzene rings is 6. The van der Waals surface area contributed by atoms with Crippen molar-refractivity contribution in [1.29, 1.82) is 0 Å². The largest absolute Gasteiger partial charge is 0.456 e. The van der Waals surface area contributed by atoms with Crippen LogP contribution in [0, 0.1) is 11.3 Å². The molecule has 0 amide bonds. The van der Waals surface area contributed by atoms with Gasteiger partial charge in [0.15, 0.2) is 5.84 Å². The smallest absolute Gasteiger partial charge is 0.160 e. The summed E-state index contributed by atoms with van der Waals surface area (Å²) >= 11 is 0. The van der Waals surface area contributed by atoms with Gasteiger partial charge < -0.3 is 13.3 Å². The average Bonchev–Trinajstić information content (AvgIpc) is 3.58. The van der Waals surface area contributed by atoms with Gasteiger partial charge in [-0.05, 0) is 82.5 Å². The van der Waals surface area contributed by atoms with Crippen LogP contribution in [-0.2, 0) is 5.41 Å². The highest BCUT2D eigenvalue weighted by atomic mass is 16.3. The van der Waals surface area contributed by atoms with E-state index in [1.165, 1.54) is 11.1 Å². The number of hydrogen-bond donors (Lipinski definition) is 0. The van der Waals surface area contributed by atoms with Crippen molar-refractivity contribution >= 4 is 78.5 Å². The summed E-state index contributed by atoms with van der Waals surface area (Å²) in [5, 5.41) is 5.40. The molecule has 3 bridgehead atoms. The lowest BCUT2D eigenvalue weighted by molar-refractivity contribution is 0.596. The predicted molar refractivity (Wildman–Crippen MR) is 214 cm³/mol. The van der Waals surface area contributed by atoms with Crippen LogP contribution < -0.4 is 0 Å². The summed E-state index contributed by atoms with van der Waals surface area (Å²) in [4.78, 5) is 11.4. The number of aliphatic imine (C=N–C) groups is 2. The molecule has 5 nitrogen and oxygen atoms in total. The molecule has 1 spiro atoms. The third kappa shape index (κ3) is 3.05. The monoisotopic (exact) mass is 690 g/mol. The zero-order valence-corrected chi connectivity index (χ0v) is 28.6. The zero-order valence-electron chi connectivity index (χ0n) is 28.6. The zero-order chi connectivity index (χ0) is 34.9. The average molecular weight is 691 g/mol. The summed E-state index contributed by atoms with van der Waals surface area (Å²) in [7, 11) is 0. The van der Waals surface area contributed by atoms with E-state index in [1.807, 2.05) is 18.2 Å². The molecule has 1 fully saturated rings. The number of fused-ring (bicyclic) bond motifs is 10. The van der Waals surface area contributed by atoms with Crippen LogP contribution in [0.5, 0.6) is 0 Å². The van der Waals surface area contributed by atoms with Crippen molar-refractivity contribution in [2.24, 2.45) is 21.3 Å². The number of para-hydroxylation sites is 2. The van der Waals surface area contributed by atoms with Crippen molar-refractivity contribution in [2.45, 2.75) is 5.41 Å². The second-order valence-corrected chi connectivity index (χ2v) is 15.2. The minimum Gasteiger partial charge on any atom is -0.456 e. The Morgan fingerprint density at radius 3 is 2.17 bits per heavy atom. The fourth-order valence-corrected chi connectivity index (χ4v) is 10.6. The van der Waals surface area contributed by atoms with E-state index in [0.29, 0.717) is 5.84 Å². The Morgan fingerprint density at radius 2 is 1.28 bits per heavy atom. The highest BCUT2D eigenvalue weighted by Crippen LogP contribution is 2.77. The highest BCUT2D eigenvalue weighted by Gasteiger charge is 2.72. The molecule has 6 aromatic carbocycles. The second kappa shape index (κ2) is 9.14. The number of allylic oxidation sites excluding steroid dienone is 3. The molecule has 0 N–H and O–H groups in total. The molecule has 250 valence electrons. The first-order chi connectivity index (χ1) is 26.7. The van der Waals surface area contributed by atoms with Crippen molar-refractivity contribution in [3.05, 3.63) is 190 Å². The molecule has 3 atom stereocenters. The van der Waals surface area contributed by atoms with Gasteiger partial charge in [0.1, 0.15) is 33.7 Å². The van der Waals surface area contributed by atoms with Gasteiger partial charge in [0, 0.05) is 49.4 Å². The van der Waals surface area contributed by atoms with E-state index in [9.17, 15) is 0 Å². The van der Waals surface area contributed by atoms with Crippen LogP contribution in [0.25, 0.3) is 67.0 Å². The third-order valence-corrected chi connectivity index (χ3v) is 12.8. The molecular weight excluding hydrogens is 665 g/mol. The van der Waals surface area contributed by atoms with E-state index in [1.54, 1.807) is 0 Å². The topological polar surface area (TPSA) is 64.1 Å². The Bertz CT molecular complexity index is 3400. The molecule has 1 saturated carbocycles. The molecule has 14 rings (SSSR count). The molecule has 0 saturated heterocycles. The fourth-order valence-electron chi connectivity index (χ4n) is 10.6. The summed E-state index contributed by atoms with van der Waals surface area (Å²) in [6.07, 6.45) is 7.22. The molecular formula is C49H26N2O3. The lowest BCUT2D eigenvalue weighted by Gasteiger charge is -2.37. The first kappa shape index (κ1) is 27.6. The van der Waals surface area contributed by atoms with Gasteiger partial charge in [0.05, 0.1) is 16.8 Å². The summed E-state index contributed by atoms with van der Waals surface area (Å²) in [6.45, 7) is 0. The van der Waals surface area contributed by atoms with Crippen molar-refractivity contribution < 1.29 is 13.3 Å². The van der Waals surface area contributed by atoms with Crippen LogP contribution in [0.1, 0.15) is 33.6 Å². The van der Waals surface area contributed by atoms with Gasteiger partial charge in [0.25, 0.3) is 0 Å². The maximum atomic E-state index is 6.80. The Balaban J connectivity index is 1.22. The van der Waals surface area contributed by atoms with Crippen LogP contribution >= 0.6 is 0 Å². The van der Waals surface area contributed by atoms with Gasteiger partial charge in [-0.15, -0.1) is 0 Å². The second-order valence-electron chi connectivity index (χ2n) is 15.2. The number of furan rings is 3. The van der Waals surface area contributed by atoms with Gasteiger partial charge in [-0.3, -0.25) is 0 Å². The standard InChI is InChI=1S/C49H26N2O3/c1-2-10-26(11-3-1)46-45-34-23-32-29-13-5-7-17-36(29)53-40(32)24-41-48(34,45)25-42-49(41,27-20-21-37-31(22-27)28-12-4-6-16-35(28)52-37)33-15-9-19-39-44(33)43-30(47(50-42)51-46)14-8-18-38(43)54-39/h1-25,45H. The maximum Gasteiger partial charge on any atom is 0.160 e. The molecule has 9 aromatic rings. The van der Waals surface area contributed by atoms with Gasteiger partial charge in [-0.1, -0.05) is 97.1 Å². The molecule has 3 aromatic heterocycles. The number of hydrogen-bond acceptors (Lipinski definition) is 5. The quantitative estimate of drug-likeness (QED) is 0.181. The number of rotatable bonds is 2. The molecule has 0 radical (unpaired) electrons. The van der Waals surface area contributed by atoms with Crippen LogP contribution in [0.4, 0.5) is 0 Å². The summed E-state index contributed by atoms with van der Waals surface area (Å²) in [5.74, 6) is 1.55. The molecule has 3 unspecified atom stereocenters. The van der Waals surface area contributed by atoms with Gasteiger partial charge in [0.2, 0.25) is 0 Å². The van der Waals surface area contributed by atoms with E-state index < -0.39 is 10.8 Å². The van der Waals surface area contributed by atoms with E-state index in [-0.39, 0.29) is 5.92 Å². The minimum atomic E-state index is -0.836. The van der Waals surface area contributed by atoms with Gasteiger partial charge in [-0.2, -0.15) is 0 Å². The summed E-state index contributed by atoms with van der Waals surface area (Å²) < 4.78 is 19.9. The molecule has 3 aliphatic carbocycles. The lowest BCUT2D eigenvalue weighted by atomic mass is 9.65. The third-order valence-electron chi connectivity index (χ3n) is 12.8. The normalized spacial score (nSPS) is 23.0. The molecule has 2 aliphatic heterocycles. The first-order valence-electron chi connectivity index (χ1n) is 18.5. The van der Waals surface area contributed by atoms with E-state index in [0.717, 1.165) is 99.8 Å². The van der Waals surface area contributed by atoms with Crippen LogP contribution in [-0.4, -0.2) is 11.5 Å². The fraction of sp³-hybridized carbons (Fsp3) is 0.0612. The van der Waals surface area contributed by atoms with Gasteiger partial charge >= 0.3 is 0 Å². The molecule has 5 heterocycles. The molecule has 5 heteroatoms. The predicted octanol–water partition coefficient (Wildman–Crippen LogP) is 11.8. The summed E-state index contributed by atoms with van der Waals surface area (Å²) in [6, 6.07) is 46.9. The minimum absolute atomic E-state index is 0.00983. The SMILES string of the molecule is C1=C2N=C3N=C(c4ccccc4)C4C5=Cc6c(oc7ccccc67)C=C(C2(c2ccc6oc7ccccc7c6c2)c2cccc6oc7cccc3c7c26)C154. The van der Waals surface area contributed by atoms with Crippen molar-refractivity contribution in [3.63, 3.8) is 0 Å². The first-order valence-corrected chi connectivity index (χ1v) is 18.5. The molecule has 5 aliphatic rings. The Labute approximate surface area is 307 Å². The van der Waals surface area contributed by atoms with Crippen LogP contribution in [0.15, 0.2) is 180 Å². The van der Waals surface area contributed by atoms with E-state index in [2.05, 4.69) is 133 Å². The number of amidine groups is 1. The van der Waals surface area contributed by atoms with Crippen LogP contribution in [0.3, 0.4) is 0 Å². The lowest BCUT2D eigenvalue weighted by Crippen LogP contribution is -2.32. The Kier molecular flexibility index (Phi) is 4.68. The van der Waals surface area contributed by atoms with E-state index >= 15 is 0 Å². The Morgan fingerprint density at radius 1 is 0.556 bits per heavy atom. The maximum absolute atomic E-state index is 6.80. The van der Waals surface area contributed by atoms with Gasteiger partial charge in [-0.25, -0.2) is 9.98 Å². The highest BCUT2D eigenvalue weighted by molar-refractivity contribution is 6.26. The molecule has 54 heavy (non-hydrogen) atoms. The van der Waals surface area contributed by atoms with Crippen molar-refractivity contribution in [2.75, 3.05) is 0 Å². The number of nitrogens with zero attached hydrogens (tertiary/aromatic N) is 2. The Hall–Kier alpha value is -6.98. The van der Waals surface area contributed by atoms with E-state index in [4.69, 9.17) is 23.2 Å². The van der Waals surface area contributed by atoms with Crippen molar-refractivity contribution in [1.82, 2.24) is 0 Å². The van der Waals surface area contributed by atoms with Crippen molar-refractivity contribution in [3.8, 4) is 0 Å². The van der Waals surface area contributed by atoms with Crippen LogP contribution in [0.2, 0.25) is 0 Å².